The van der Waals surface area contributed by atoms with Crippen LogP contribution in [0.25, 0.3) is 0 Å². The van der Waals surface area contributed by atoms with Crippen LogP contribution in [0.5, 0.6) is 5.75 Å². The van der Waals surface area contributed by atoms with Gasteiger partial charge in [-0.25, -0.2) is 0 Å². The third kappa shape index (κ3) is 5.75. The number of aryl methyl sites for hydroxylation is 1. The van der Waals surface area contributed by atoms with Crippen LogP contribution in [0.1, 0.15) is 32.8 Å². The van der Waals surface area contributed by atoms with E-state index in [-0.39, 0.29) is 18.0 Å². The summed E-state index contributed by atoms with van der Waals surface area (Å²) >= 11 is 0. The molecule has 4 nitrogen and oxygen atoms in total. The molecule has 1 aromatic carbocycles. The van der Waals surface area contributed by atoms with Crippen molar-refractivity contribution in [3.05, 3.63) is 29.8 Å². The lowest BCUT2D eigenvalue weighted by molar-refractivity contribution is -0.121. The van der Waals surface area contributed by atoms with Gasteiger partial charge in [-0.05, 0) is 51.3 Å². The van der Waals surface area contributed by atoms with Gasteiger partial charge >= 0.3 is 0 Å². The molecule has 1 rings (SSSR count). The molecule has 0 aromatic heterocycles. The fourth-order valence-electron chi connectivity index (χ4n) is 1.87. The van der Waals surface area contributed by atoms with E-state index in [4.69, 9.17) is 10.5 Å². The molecular weight excluding hydrogens is 240 g/mol. The van der Waals surface area contributed by atoms with Crippen molar-refractivity contribution in [2.75, 3.05) is 13.2 Å². The number of ether oxygens (including phenoxy) is 1. The van der Waals surface area contributed by atoms with Crippen LogP contribution in [0.4, 0.5) is 0 Å². The Kier molecular flexibility index (Phi) is 5.83. The van der Waals surface area contributed by atoms with Gasteiger partial charge in [0.15, 0.2) is 0 Å². The fourth-order valence-corrected chi connectivity index (χ4v) is 1.87. The Morgan fingerprint density at radius 2 is 1.95 bits per heavy atom. The van der Waals surface area contributed by atoms with E-state index in [0.717, 1.165) is 18.6 Å². The van der Waals surface area contributed by atoms with Crippen LogP contribution in [0.2, 0.25) is 0 Å². The SMILES string of the molecule is CCOc1ccc(CCC(C)(C)NC(=O)CN)cc1. The monoisotopic (exact) mass is 264 g/mol. The first-order chi connectivity index (χ1) is 8.96. The van der Waals surface area contributed by atoms with Crippen LogP contribution in [-0.4, -0.2) is 24.6 Å². The molecule has 0 fully saturated rings. The summed E-state index contributed by atoms with van der Waals surface area (Å²) in [6, 6.07) is 8.08. The van der Waals surface area contributed by atoms with Crippen LogP contribution in [0.3, 0.4) is 0 Å². The van der Waals surface area contributed by atoms with Crippen LogP contribution in [0.15, 0.2) is 24.3 Å². The number of nitrogens with one attached hydrogen (secondary N) is 1. The normalized spacial score (nSPS) is 11.2. The van der Waals surface area contributed by atoms with E-state index in [0.29, 0.717) is 6.61 Å². The summed E-state index contributed by atoms with van der Waals surface area (Å²) in [6.45, 7) is 6.70. The molecule has 0 atom stereocenters. The van der Waals surface area contributed by atoms with Crippen molar-refractivity contribution in [2.24, 2.45) is 5.73 Å². The standard InChI is InChI=1S/C15H24N2O2/c1-4-19-13-7-5-12(6-8-13)9-10-15(2,3)17-14(18)11-16/h5-8H,4,9-11,16H2,1-3H3,(H,17,18). The number of carbonyl (C=O) groups is 1. The molecular formula is C15H24N2O2. The van der Waals surface area contributed by atoms with Gasteiger partial charge in [-0.3, -0.25) is 4.79 Å². The van der Waals surface area contributed by atoms with Gasteiger partial charge in [-0.2, -0.15) is 0 Å². The lowest BCUT2D eigenvalue weighted by Crippen LogP contribution is -2.46. The number of rotatable bonds is 7. The Morgan fingerprint density at radius 1 is 1.32 bits per heavy atom. The predicted molar refractivity (Wildman–Crippen MR) is 77.2 cm³/mol. The van der Waals surface area contributed by atoms with Crippen LogP contribution in [0, 0.1) is 0 Å². The Hall–Kier alpha value is -1.55. The lowest BCUT2D eigenvalue weighted by atomic mass is 9.95. The summed E-state index contributed by atoms with van der Waals surface area (Å²) in [7, 11) is 0. The van der Waals surface area contributed by atoms with E-state index in [2.05, 4.69) is 17.4 Å². The average Bonchev–Trinajstić information content (AvgIpc) is 2.38. The van der Waals surface area contributed by atoms with E-state index in [9.17, 15) is 4.79 Å². The Labute approximate surface area is 115 Å². The zero-order valence-corrected chi connectivity index (χ0v) is 12.0. The molecule has 1 amide bonds. The molecule has 0 heterocycles. The molecule has 0 saturated carbocycles. The summed E-state index contributed by atoms with van der Waals surface area (Å²) < 4.78 is 5.40. The number of hydrogen-bond donors (Lipinski definition) is 2. The van der Waals surface area contributed by atoms with Gasteiger partial charge in [0.05, 0.1) is 13.2 Å². The van der Waals surface area contributed by atoms with Gasteiger partial charge in [0.2, 0.25) is 5.91 Å². The summed E-state index contributed by atoms with van der Waals surface area (Å²) in [6.07, 6.45) is 1.77. The minimum Gasteiger partial charge on any atom is -0.494 e. The first-order valence-electron chi connectivity index (χ1n) is 6.69. The van der Waals surface area contributed by atoms with Crippen LogP contribution < -0.4 is 15.8 Å². The molecule has 106 valence electrons. The first-order valence-corrected chi connectivity index (χ1v) is 6.69. The van der Waals surface area contributed by atoms with E-state index < -0.39 is 0 Å². The fraction of sp³-hybridized carbons (Fsp3) is 0.533. The molecule has 4 heteroatoms. The second kappa shape index (κ2) is 7.14. The number of hydrogen-bond acceptors (Lipinski definition) is 3. The average molecular weight is 264 g/mol. The topological polar surface area (TPSA) is 64.3 Å². The number of nitrogens with two attached hydrogens (primary N) is 1. The van der Waals surface area contributed by atoms with E-state index >= 15 is 0 Å². The molecule has 0 radical (unpaired) electrons. The number of amides is 1. The highest BCUT2D eigenvalue weighted by Crippen LogP contribution is 2.17. The number of benzene rings is 1. The largest absolute Gasteiger partial charge is 0.494 e. The number of carbonyl (C=O) groups excluding carboxylic acids is 1. The van der Waals surface area contributed by atoms with E-state index in [1.165, 1.54) is 5.56 Å². The first kappa shape index (κ1) is 15.5. The highest BCUT2D eigenvalue weighted by Gasteiger charge is 2.19. The molecule has 0 unspecified atom stereocenters. The zero-order chi connectivity index (χ0) is 14.3. The highest BCUT2D eigenvalue weighted by molar-refractivity contribution is 5.78. The molecule has 0 aliphatic carbocycles. The molecule has 0 aliphatic rings. The molecule has 3 N–H and O–H groups in total. The van der Waals surface area contributed by atoms with E-state index in [1.54, 1.807) is 0 Å². The smallest absolute Gasteiger partial charge is 0.234 e. The summed E-state index contributed by atoms with van der Waals surface area (Å²) in [5.41, 5.74) is 6.30. The van der Waals surface area contributed by atoms with Gasteiger partial charge in [0.1, 0.15) is 5.75 Å². The third-order valence-electron chi connectivity index (χ3n) is 2.94. The van der Waals surface area contributed by atoms with Crippen molar-refractivity contribution < 1.29 is 9.53 Å². The van der Waals surface area contributed by atoms with Crippen LogP contribution in [-0.2, 0) is 11.2 Å². The second-order valence-corrected chi connectivity index (χ2v) is 5.21. The Bertz CT molecular complexity index is 399. The summed E-state index contributed by atoms with van der Waals surface area (Å²) in [5, 5.41) is 2.92. The van der Waals surface area contributed by atoms with Gasteiger partial charge in [0.25, 0.3) is 0 Å². The van der Waals surface area contributed by atoms with Crippen molar-refractivity contribution in [1.29, 1.82) is 0 Å². The Morgan fingerprint density at radius 3 is 2.47 bits per heavy atom. The van der Waals surface area contributed by atoms with Gasteiger partial charge in [-0.15, -0.1) is 0 Å². The molecule has 0 bridgehead atoms. The van der Waals surface area contributed by atoms with E-state index in [1.807, 2.05) is 32.9 Å². The minimum absolute atomic E-state index is 0.0342. The molecule has 0 aliphatic heterocycles. The predicted octanol–water partition coefficient (Wildman–Crippen LogP) is 1.87. The summed E-state index contributed by atoms with van der Waals surface area (Å²) in [5.74, 6) is 0.777. The molecule has 0 saturated heterocycles. The van der Waals surface area contributed by atoms with Crippen molar-refractivity contribution in [1.82, 2.24) is 5.32 Å². The lowest BCUT2D eigenvalue weighted by Gasteiger charge is -2.26. The van der Waals surface area contributed by atoms with Crippen molar-refractivity contribution in [3.8, 4) is 5.75 Å². The molecule has 0 spiro atoms. The Balaban J connectivity index is 2.49. The second-order valence-electron chi connectivity index (χ2n) is 5.21. The van der Waals surface area contributed by atoms with Gasteiger partial charge in [0, 0.05) is 5.54 Å². The van der Waals surface area contributed by atoms with Crippen molar-refractivity contribution in [3.63, 3.8) is 0 Å². The highest BCUT2D eigenvalue weighted by atomic mass is 16.5. The maximum atomic E-state index is 11.3. The maximum absolute atomic E-state index is 11.3. The molecule has 1 aromatic rings. The zero-order valence-electron chi connectivity index (χ0n) is 12.0. The van der Waals surface area contributed by atoms with Crippen molar-refractivity contribution in [2.45, 2.75) is 39.2 Å². The quantitative estimate of drug-likeness (QED) is 0.790. The maximum Gasteiger partial charge on any atom is 0.234 e. The van der Waals surface area contributed by atoms with Gasteiger partial charge < -0.3 is 15.8 Å². The summed E-state index contributed by atoms with van der Waals surface area (Å²) in [4.78, 5) is 11.3. The third-order valence-corrected chi connectivity index (χ3v) is 2.94. The van der Waals surface area contributed by atoms with Gasteiger partial charge in [-0.1, -0.05) is 12.1 Å². The molecule has 19 heavy (non-hydrogen) atoms. The minimum atomic E-state index is -0.241. The van der Waals surface area contributed by atoms with Crippen LogP contribution >= 0.6 is 0 Å². The van der Waals surface area contributed by atoms with Crippen molar-refractivity contribution >= 4 is 5.91 Å².